The summed E-state index contributed by atoms with van der Waals surface area (Å²) in [6.07, 6.45) is 6.71. The summed E-state index contributed by atoms with van der Waals surface area (Å²) >= 11 is 3.44. The topological polar surface area (TPSA) is 45.9 Å². The highest BCUT2D eigenvalue weighted by atomic mass is 79.9. The zero-order valence-electron chi connectivity index (χ0n) is 11.6. The van der Waals surface area contributed by atoms with E-state index in [4.69, 9.17) is 0 Å². The van der Waals surface area contributed by atoms with Crippen LogP contribution in [-0.4, -0.2) is 31.8 Å². The van der Waals surface area contributed by atoms with Crippen molar-refractivity contribution in [2.45, 2.75) is 25.7 Å². The SMILES string of the molecule is O=C(C[NH+]1CCCCCC1)N/N=C\c1ccccc1Br. The number of halogens is 1. The molecule has 2 rings (SSSR count). The third kappa shape index (κ3) is 5.06. The number of hydrogen-bond donors (Lipinski definition) is 2. The van der Waals surface area contributed by atoms with Crippen LogP contribution >= 0.6 is 15.9 Å². The molecular weight excluding hydrogens is 318 g/mol. The van der Waals surface area contributed by atoms with Gasteiger partial charge in [-0.3, -0.25) is 4.79 Å². The molecule has 0 atom stereocenters. The van der Waals surface area contributed by atoms with Gasteiger partial charge in [-0.05, 0) is 31.7 Å². The van der Waals surface area contributed by atoms with Crippen LogP contribution in [0.1, 0.15) is 31.2 Å². The molecule has 1 fully saturated rings. The number of nitrogens with one attached hydrogen (secondary N) is 2. The Morgan fingerprint density at radius 1 is 1.25 bits per heavy atom. The number of amides is 1. The number of benzene rings is 1. The first-order valence-electron chi connectivity index (χ1n) is 7.16. The molecule has 0 unspecified atom stereocenters. The van der Waals surface area contributed by atoms with Crippen molar-refractivity contribution in [3.05, 3.63) is 34.3 Å². The number of quaternary nitrogens is 1. The Kier molecular flexibility index (Phi) is 6.21. The van der Waals surface area contributed by atoms with E-state index in [2.05, 4.69) is 26.5 Å². The van der Waals surface area contributed by atoms with Gasteiger partial charge in [0, 0.05) is 10.0 Å². The van der Waals surface area contributed by atoms with Crippen molar-refractivity contribution < 1.29 is 9.69 Å². The van der Waals surface area contributed by atoms with Gasteiger partial charge < -0.3 is 4.90 Å². The zero-order valence-corrected chi connectivity index (χ0v) is 13.2. The normalized spacial score (nSPS) is 17.1. The Bertz CT molecular complexity index is 468. The highest BCUT2D eigenvalue weighted by molar-refractivity contribution is 9.10. The third-order valence-corrected chi connectivity index (χ3v) is 4.24. The third-order valence-electron chi connectivity index (χ3n) is 3.52. The van der Waals surface area contributed by atoms with Gasteiger partial charge in [-0.15, -0.1) is 0 Å². The molecule has 1 aromatic rings. The van der Waals surface area contributed by atoms with Gasteiger partial charge in [0.25, 0.3) is 5.91 Å². The van der Waals surface area contributed by atoms with E-state index in [0.29, 0.717) is 6.54 Å². The van der Waals surface area contributed by atoms with Gasteiger partial charge in [-0.25, -0.2) is 5.43 Å². The van der Waals surface area contributed by atoms with Gasteiger partial charge in [-0.1, -0.05) is 34.1 Å². The van der Waals surface area contributed by atoms with E-state index in [1.165, 1.54) is 30.6 Å². The number of nitrogens with zero attached hydrogens (tertiary/aromatic N) is 1. The van der Waals surface area contributed by atoms with Gasteiger partial charge in [0.1, 0.15) is 0 Å². The van der Waals surface area contributed by atoms with E-state index in [9.17, 15) is 4.79 Å². The van der Waals surface area contributed by atoms with Gasteiger partial charge in [0.2, 0.25) is 0 Å². The molecule has 2 N–H and O–H groups in total. The summed E-state index contributed by atoms with van der Waals surface area (Å²) in [7, 11) is 0. The molecule has 1 heterocycles. The first-order valence-corrected chi connectivity index (χ1v) is 7.95. The highest BCUT2D eigenvalue weighted by Crippen LogP contribution is 2.13. The molecule has 0 aromatic heterocycles. The number of hydrazone groups is 1. The van der Waals surface area contributed by atoms with Crippen molar-refractivity contribution in [3.63, 3.8) is 0 Å². The predicted molar refractivity (Wildman–Crippen MR) is 83.9 cm³/mol. The van der Waals surface area contributed by atoms with E-state index in [1.807, 2.05) is 24.3 Å². The van der Waals surface area contributed by atoms with Crippen LogP contribution in [0.5, 0.6) is 0 Å². The van der Waals surface area contributed by atoms with Crippen molar-refractivity contribution in [3.8, 4) is 0 Å². The lowest BCUT2D eigenvalue weighted by Gasteiger charge is -2.15. The molecule has 1 amide bonds. The molecular formula is C15H21BrN3O+. The lowest BCUT2D eigenvalue weighted by Crippen LogP contribution is -3.13. The number of rotatable bonds is 4. The monoisotopic (exact) mass is 338 g/mol. The van der Waals surface area contributed by atoms with Crippen LogP contribution in [-0.2, 0) is 4.79 Å². The summed E-state index contributed by atoms with van der Waals surface area (Å²) in [6.45, 7) is 2.72. The van der Waals surface area contributed by atoms with E-state index < -0.39 is 0 Å². The Morgan fingerprint density at radius 2 is 1.95 bits per heavy atom. The van der Waals surface area contributed by atoms with E-state index in [0.717, 1.165) is 23.1 Å². The van der Waals surface area contributed by atoms with Crippen molar-refractivity contribution in [1.29, 1.82) is 0 Å². The molecule has 0 bridgehead atoms. The summed E-state index contributed by atoms with van der Waals surface area (Å²) < 4.78 is 0.969. The number of carbonyl (C=O) groups is 1. The van der Waals surface area contributed by atoms with Crippen molar-refractivity contribution in [1.82, 2.24) is 5.43 Å². The second-order valence-corrected chi connectivity index (χ2v) is 6.01. The Labute approximate surface area is 128 Å². The van der Waals surface area contributed by atoms with Crippen molar-refractivity contribution in [2.75, 3.05) is 19.6 Å². The molecule has 0 aliphatic carbocycles. The van der Waals surface area contributed by atoms with Gasteiger partial charge in [0.15, 0.2) is 6.54 Å². The van der Waals surface area contributed by atoms with Gasteiger partial charge in [0.05, 0.1) is 19.3 Å². The lowest BCUT2D eigenvalue weighted by molar-refractivity contribution is -0.891. The predicted octanol–water partition coefficient (Wildman–Crippen LogP) is 1.36. The summed E-state index contributed by atoms with van der Waals surface area (Å²) in [5, 5.41) is 4.02. The van der Waals surface area contributed by atoms with Crippen LogP contribution in [0, 0.1) is 0 Å². The standard InChI is InChI=1S/C15H20BrN3O/c16-14-8-4-3-7-13(14)11-17-18-15(20)12-19-9-5-1-2-6-10-19/h3-4,7-8,11H,1-2,5-6,9-10,12H2,(H,18,20)/p+1/b17-11-. The molecule has 1 saturated heterocycles. The second-order valence-electron chi connectivity index (χ2n) is 5.16. The van der Waals surface area contributed by atoms with E-state index >= 15 is 0 Å². The number of hydrogen-bond acceptors (Lipinski definition) is 2. The molecule has 1 aliphatic rings. The quantitative estimate of drug-likeness (QED) is 0.632. The average molecular weight is 339 g/mol. The largest absolute Gasteiger partial charge is 0.327 e. The molecule has 108 valence electrons. The molecule has 0 spiro atoms. The summed E-state index contributed by atoms with van der Waals surface area (Å²) in [5.74, 6) is -0.00907. The highest BCUT2D eigenvalue weighted by Gasteiger charge is 2.15. The fourth-order valence-corrected chi connectivity index (χ4v) is 2.81. The van der Waals surface area contributed by atoms with Crippen molar-refractivity contribution in [2.24, 2.45) is 5.10 Å². The average Bonchev–Trinajstić information content (AvgIpc) is 2.69. The molecule has 4 nitrogen and oxygen atoms in total. The second kappa shape index (κ2) is 8.17. The van der Waals surface area contributed by atoms with Crippen LogP contribution in [0.15, 0.2) is 33.8 Å². The lowest BCUT2D eigenvalue weighted by atomic mass is 10.2. The minimum Gasteiger partial charge on any atom is -0.327 e. The molecule has 1 aromatic carbocycles. The van der Waals surface area contributed by atoms with Gasteiger partial charge in [-0.2, -0.15) is 5.10 Å². The maximum atomic E-state index is 11.8. The Morgan fingerprint density at radius 3 is 2.65 bits per heavy atom. The van der Waals surface area contributed by atoms with E-state index in [1.54, 1.807) is 6.21 Å². The fourth-order valence-electron chi connectivity index (χ4n) is 2.43. The van der Waals surface area contributed by atoms with Crippen LogP contribution < -0.4 is 10.3 Å². The number of likely N-dealkylation sites (tertiary alicyclic amines) is 1. The first kappa shape index (κ1) is 15.2. The first-order chi connectivity index (χ1) is 9.75. The van der Waals surface area contributed by atoms with E-state index in [-0.39, 0.29) is 5.91 Å². The van der Waals surface area contributed by atoms with Crippen LogP contribution in [0.3, 0.4) is 0 Å². The molecule has 20 heavy (non-hydrogen) atoms. The zero-order chi connectivity index (χ0) is 14.2. The molecule has 0 radical (unpaired) electrons. The molecule has 1 aliphatic heterocycles. The minimum absolute atomic E-state index is 0.00907. The van der Waals surface area contributed by atoms with Crippen LogP contribution in [0.4, 0.5) is 0 Å². The minimum atomic E-state index is -0.00907. The smallest absolute Gasteiger partial charge is 0.295 e. The molecule has 5 heteroatoms. The Balaban J connectivity index is 1.78. The maximum absolute atomic E-state index is 11.8. The summed E-state index contributed by atoms with van der Waals surface area (Å²) in [4.78, 5) is 13.2. The molecule has 0 saturated carbocycles. The Hall–Kier alpha value is -1.20. The number of carbonyl (C=O) groups excluding carboxylic acids is 1. The van der Waals surface area contributed by atoms with Gasteiger partial charge >= 0.3 is 0 Å². The van der Waals surface area contributed by atoms with Crippen LogP contribution in [0.2, 0.25) is 0 Å². The van der Waals surface area contributed by atoms with Crippen molar-refractivity contribution >= 4 is 28.1 Å². The summed E-state index contributed by atoms with van der Waals surface area (Å²) in [6, 6.07) is 7.78. The van der Waals surface area contributed by atoms with Crippen LogP contribution in [0.25, 0.3) is 0 Å². The fraction of sp³-hybridized carbons (Fsp3) is 0.467. The maximum Gasteiger partial charge on any atom is 0.295 e. The summed E-state index contributed by atoms with van der Waals surface area (Å²) in [5.41, 5.74) is 3.57.